The van der Waals surface area contributed by atoms with Crippen molar-refractivity contribution >= 4 is 52.2 Å². The SMILES string of the molecule is N#Cc1ccc2c(c1)sc1c3ccccc3sc21. The van der Waals surface area contributed by atoms with Gasteiger partial charge in [0, 0.05) is 20.2 Å². The average molecular weight is 265 g/mol. The lowest BCUT2D eigenvalue weighted by molar-refractivity contribution is 1.50. The van der Waals surface area contributed by atoms with E-state index in [2.05, 4.69) is 36.4 Å². The summed E-state index contributed by atoms with van der Waals surface area (Å²) in [6, 6.07) is 16.7. The van der Waals surface area contributed by atoms with Crippen molar-refractivity contribution in [1.82, 2.24) is 0 Å². The molecule has 0 spiro atoms. The van der Waals surface area contributed by atoms with Crippen molar-refractivity contribution in [3.05, 3.63) is 48.0 Å². The van der Waals surface area contributed by atoms with Crippen molar-refractivity contribution < 1.29 is 0 Å². The second kappa shape index (κ2) is 3.55. The zero-order chi connectivity index (χ0) is 12.1. The molecule has 18 heavy (non-hydrogen) atoms. The van der Waals surface area contributed by atoms with Crippen molar-refractivity contribution in [3.63, 3.8) is 0 Å². The molecule has 0 saturated heterocycles. The standard InChI is InChI=1S/C15H7NS2/c16-8-9-5-6-11-13(7-9)18-14-10-3-1-2-4-12(10)17-15(11)14/h1-7H. The van der Waals surface area contributed by atoms with E-state index in [4.69, 9.17) is 5.26 Å². The van der Waals surface area contributed by atoms with Crippen LogP contribution >= 0.6 is 22.7 Å². The van der Waals surface area contributed by atoms with Gasteiger partial charge < -0.3 is 0 Å². The van der Waals surface area contributed by atoms with Gasteiger partial charge in [0.25, 0.3) is 0 Å². The van der Waals surface area contributed by atoms with Crippen LogP contribution in [0, 0.1) is 11.3 Å². The molecule has 0 unspecified atom stereocenters. The highest BCUT2D eigenvalue weighted by molar-refractivity contribution is 7.36. The normalized spacial score (nSPS) is 11.3. The predicted octanol–water partition coefficient (Wildman–Crippen LogP) is 5.14. The fraction of sp³-hybridized carbons (Fsp3) is 0. The Hall–Kier alpha value is -1.89. The van der Waals surface area contributed by atoms with Crippen LogP contribution in [0.1, 0.15) is 5.56 Å². The van der Waals surface area contributed by atoms with Gasteiger partial charge in [0.15, 0.2) is 0 Å². The van der Waals surface area contributed by atoms with Gasteiger partial charge in [-0.3, -0.25) is 0 Å². The van der Waals surface area contributed by atoms with Gasteiger partial charge in [0.05, 0.1) is 21.0 Å². The molecule has 0 aliphatic rings. The van der Waals surface area contributed by atoms with Crippen LogP contribution in [0.25, 0.3) is 29.6 Å². The molecule has 2 heterocycles. The largest absolute Gasteiger partial charge is 0.192 e. The summed E-state index contributed by atoms with van der Waals surface area (Å²) < 4.78 is 5.24. The monoisotopic (exact) mass is 265 g/mol. The summed E-state index contributed by atoms with van der Waals surface area (Å²) in [6.07, 6.45) is 0. The number of thiophene rings is 2. The van der Waals surface area contributed by atoms with Crippen LogP contribution in [0.3, 0.4) is 0 Å². The second-order valence-corrected chi connectivity index (χ2v) is 6.29. The Bertz CT molecular complexity index is 938. The summed E-state index contributed by atoms with van der Waals surface area (Å²) in [5.74, 6) is 0. The van der Waals surface area contributed by atoms with Crippen LogP contribution in [-0.2, 0) is 0 Å². The van der Waals surface area contributed by atoms with Crippen LogP contribution in [0.4, 0.5) is 0 Å². The number of nitrogens with zero attached hydrogens (tertiary/aromatic N) is 1. The van der Waals surface area contributed by atoms with Gasteiger partial charge in [-0.05, 0) is 18.2 Å². The Morgan fingerprint density at radius 2 is 1.56 bits per heavy atom. The molecule has 1 nitrogen and oxygen atoms in total. The summed E-state index contributed by atoms with van der Waals surface area (Å²) in [4.78, 5) is 0. The third kappa shape index (κ3) is 1.25. The second-order valence-electron chi connectivity index (χ2n) is 4.18. The fourth-order valence-electron chi connectivity index (χ4n) is 2.27. The predicted molar refractivity (Wildman–Crippen MR) is 79.4 cm³/mol. The van der Waals surface area contributed by atoms with Crippen LogP contribution in [0.2, 0.25) is 0 Å². The highest BCUT2D eigenvalue weighted by atomic mass is 32.1. The molecule has 0 aliphatic heterocycles. The minimum Gasteiger partial charge on any atom is -0.192 e. The van der Waals surface area contributed by atoms with E-state index in [1.54, 1.807) is 11.3 Å². The number of rotatable bonds is 0. The first-order valence-electron chi connectivity index (χ1n) is 5.61. The maximum atomic E-state index is 8.95. The molecule has 0 saturated carbocycles. The van der Waals surface area contributed by atoms with Gasteiger partial charge in [-0.25, -0.2) is 0 Å². The van der Waals surface area contributed by atoms with Gasteiger partial charge in [-0.2, -0.15) is 5.26 Å². The molecule has 0 aliphatic carbocycles. The molecule has 0 N–H and O–H groups in total. The maximum Gasteiger partial charge on any atom is 0.0992 e. The van der Waals surface area contributed by atoms with Crippen molar-refractivity contribution in [2.24, 2.45) is 0 Å². The smallest absolute Gasteiger partial charge is 0.0992 e. The molecule has 0 fully saturated rings. The molecule has 0 radical (unpaired) electrons. The van der Waals surface area contributed by atoms with Crippen LogP contribution in [0.5, 0.6) is 0 Å². The zero-order valence-corrected chi connectivity index (χ0v) is 10.9. The molecule has 84 valence electrons. The van der Waals surface area contributed by atoms with E-state index < -0.39 is 0 Å². The van der Waals surface area contributed by atoms with Crippen molar-refractivity contribution in [2.75, 3.05) is 0 Å². The first-order valence-corrected chi connectivity index (χ1v) is 7.24. The molecule has 3 heteroatoms. The third-order valence-electron chi connectivity index (χ3n) is 3.12. The van der Waals surface area contributed by atoms with E-state index in [1.165, 1.54) is 29.6 Å². The summed E-state index contributed by atoms with van der Waals surface area (Å²) in [6.45, 7) is 0. The quantitative estimate of drug-likeness (QED) is 0.432. The van der Waals surface area contributed by atoms with Gasteiger partial charge in [0.2, 0.25) is 0 Å². The van der Waals surface area contributed by atoms with Gasteiger partial charge in [0.1, 0.15) is 0 Å². The summed E-state index contributed by atoms with van der Waals surface area (Å²) in [7, 11) is 0. The van der Waals surface area contributed by atoms with Crippen LogP contribution < -0.4 is 0 Å². The van der Waals surface area contributed by atoms with Gasteiger partial charge in [-0.15, -0.1) is 22.7 Å². The first-order chi connectivity index (χ1) is 8.86. The molecular weight excluding hydrogens is 258 g/mol. The summed E-state index contributed by atoms with van der Waals surface area (Å²) in [5, 5.41) is 11.6. The molecule has 0 atom stereocenters. The van der Waals surface area contributed by atoms with Gasteiger partial charge >= 0.3 is 0 Å². The number of hydrogen-bond acceptors (Lipinski definition) is 3. The Morgan fingerprint density at radius 1 is 0.833 bits per heavy atom. The molecule has 0 bridgehead atoms. The highest BCUT2D eigenvalue weighted by Crippen LogP contribution is 2.43. The first kappa shape index (κ1) is 10.1. The molecule has 4 rings (SSSR count). The minimum absolute atomic E-state index is 0.737. The van der Waals surface area contributed by atoms with E-state index >= 15 is 0 Å². The molecule has 2 aromatic heterocycles. The lowest BCUT2D eigenvalue weighted by Gasteiger charge is -1.90. The highest BCUT2D eigenvalue weighted by Gasteiger charge is 2.11. The number of fused-ring (bicyclic) bond motifs is 5. The average Bonchev–Trinajstić information content (AvgIpc) is 2.93. The Morgan fingerprint density at radius 3 is 2.39 bits per heavy atom. The van der Waals surface area contributed by atoms with E-state index in [0.29, 0.717) is 0 Å². The van der Waals surface area contributed by atoms with Crippen molar-refractivity contribution in [2.45, 2.75) is 0 Å². The van der Waals surface area contributed by atoms with Crippen molar-refractivity contribution in [3.8, 4) is 6.07 Å². The van der Waals surface area contributed by atoms with E-state index in [-0.39, 0.29) is 0 Å². The summed E-state index contributed by atoms with van der Waals surface area (Å²) in [5.41, 5.74) is 0.737. The molecule has 0 amide bonds. The third-order valence-corrected chi connectivity index (χ3v) is 5.64. The Balaban J connectivity index is 2.23. The maximum absolute atomic E-state index is 8.95. The topological polar surface area (TPSA) is 23.8 Å². The minimum atomic E-state index is 0.737. The number of benzene rings is 2. The Kier molecular flexibility index (Phi) is 1.99. The number of hydrogen-bond donors (Lipinski definition) is 0. The number of nitriles is 1. The lowest BCUT2D eigenvalue weighted by Crippen LogP contribution is -1.70. The molecule has 2 aromatic carbocycles. The Labute approximate surface area is 112 Å². The van der Waals surface area contributed by atoms with Crippen molar-refractivity contribution in [1.29, 1.82) is 5.26 Å². The molecule has 4 aromatic rings. The lowest BCUT2D eigenvalue weighted by atomic mass is 10.2. The zero-order valence-electron chi connectivity index (χ0n) is 9.31. The van der Waals surface area contributed by atoms with E-state index in [9.17, 15) is 0 Å². The van der Waals surface area contributed by atoms with E-state index in [0.717, 1.165) is 5.56 Å². The fourth-order valence-corrected chi connectivity index (χ4v) is 4.97. The summed E-state index contributed by atoms with van der Waals surface area (Å²) >= 11 is 3.63. The van der Waals surface area contributed by atoms with Crippen LogP contribution in [-0.4, -0.2) is 0 Å². The van der Waals surface area contributed by atoms with E-state index in [1.807, 2.05) is 23.5 Å². The van der Waals surface area contributed by atoms with Crippen LogP contribution in [0.15, 0.2) is 42.5 Å². The molecular formula is C15H7NS2. The van der Waals surface area contributed by atoms with Gasteiger partial charge in [-0.1, -0.05) is 24.3 Å².